The number of rotatable bonds is 8. The molecule has 0 spiro atoms. The van der Waals surface area contributed by atoms with Crippen LogP contribution in [0.2, 0.25) is 5.02 Å². The molecule has 2 aromatic rings. The van der Waals surface area contributed by atoms with Gasteiger partial charge in [-0.3, -0.25) is 4.79 Å². The molecule has 2 aliphatic heterocycles. The molecule has 0 saturated carbocycles. The third kappa shape index (κ3) is 5.37. The normalized spacial score (nSPS) is 17.1. The lowest BCUT2D eigenvalue weighted by atomic mass is 9.94. The van der Waals surface area contributed by atoms with E-state index in [1.54, 1.807) is 19.1 Å². The number of aryl methyl sites for hydroxylation is 1. The van der Waals surface area contributed by atoms with Gasteiger partial charge in [-0.1, -0.05) is 65.8 Å². The highest BCUT2D eigenvalue weighted by Crippen LogP contribution is 2.44. The third-order valence-electron chi connectivity index (χ3n) is 5.74. The number of carbonyl (C=O) groups is 2. The molecule has 34 heavy (non-hydrogen) atoms. The van der Waals surface area contributed by atoms with Crippen LogP contribution >= 0.6 is 23.4 Å². The molecular weight excluding hydrogens is 470 g/mol. The Labute approximate surface area is 208 Å². The number of amidine groups is 1. The molecule has 1 N–H and O–H groups in total. The minimum atomic E-state index is -0.454. The van der Waals surface area contributed by atoms with E-state index in [1.165, 1.54) is 24.4 Å². The lowest BCUT2D eigenvalue weighted by Gasteiger charge is -2.36. The maximum atomic E-state index is 12.8. The van der Waals surface area contributed by atoms with Gasteiger partial charge in [0.15, 0.2) is 5.17 Å². The number of halogens is 1. The summed E-state index contributed by atoms with van der Waals surface area (Å²) in [5, 5.41) is 6.28. The molecule has 1 atom stereocenters. The van der Waals surface area contributed by atoms with Crippen LogP contribution < -0.4 is 5.32 Å². The molecule has 1 amide bonds. The molecule has 2 heterocycles. The van der Waals surface area contributed by atoms with Gasteiger partial charge in [0, 0.05) is 17.3 Å². The second kappa shape index (κ2) is 10.9. The Morgan fingerprint density at radius 2 is 1.88 bits per heavy atom. The number of amides is 1. The van der Waals surface area contributed by atoms with E-state index in [0.29, 0.717) is 22.8 Å². The fraction of sp³-hybridized carbons (Fsp3) is 0.269. The maximum Gasteiger partial charge on any atom is 0.338 e. The Hall–Kier alpha value is -3.03. The number of fused-ring (bicyclic) bond motifs is 1. The highest BCUT2D eigenvalue weighted by atomic mass is 35.5. The summed E-state index contributed by atoms with van der Waals surface area (Å²) in [4.78, 5) is 32.1. The van der Waals surface area contributed by atoms with Gasteiger partial charge in [-0.2, -0.15) is 0 Å². The van der Waals surface area contributed by atoms with E-state index in [-0.39, 0.29) is 12.3 Å². The first-order chi connectivity index (χ1) is 16.5. The minimum Gasteiger partial charge on any atom is -0.466 e. The Kier molecular flexibility index (Phi) is 7.75. The van der Waals surface area contributed by atoms with Gasteiger partial charge in [-0.25, -0.2) is 9.79 Å². The summed E-state index contributed by atoms with van der Waals surface area (Å²) in [5.74, 6) is -0.510. The van der Waals surface area contributed by atoms with E-state index in [2.05, 4.69) is 22.4 Å². The van der Waals surface area contributed by atoms with Crippen molar-refractivity contribution >= 4 is 40.4 Å². The summed E-state index contributed by atoms with van der Waals surface area (Å²) in [6.45, 7) is 2.40. The number of benzene rings is 2. The summed E-state index contributed by atoms with van der Waals surface area (Å²) in [6.07, 6.45) is 1.96. The summed E-state index contributed by atoms with van der Waals surface area (Å²) in [6, 6.07) is 17.1. The summed E-state index contributed by atoms with van der Waals surface area (Å²) in [7, 11) is 1.36. The average Bonchev–Trinajstić information content (AvgIpc) is 3.23. The van der Waals surface area contributed by atoms with Gasteiger partial charge in [0.25, 0.3) is 0 Å². The monoisotopic (exact) mass is 495 g/mol. The van der Waals surface area contributed by atoms with Crippen LogP contribution in [0.5, 0.6) is 0 Å². The van der Waals surface area contributed by atoms with Crippen molar-refractivity contribution in [1.29, 1.82) is 0 Å². The molecule has 176 valence electrons. The van der Waals surface area contributed by atoms with Crippen LogP contribution in [0.15, 0.2) is 82.0 Å². The van der Waals surface area contributed by atoms with Crippen LogP contribution in [-0.2, 0) is 20.7 Å². The molecule has 0 saturated heterocycles. The summed E-state index contributed by atoms with van der Waals surface area (Å²) in [5.41, 5.74) is 3.96. The van der Waals surface area contributed by atoms with Crippen LogP contribution in [-0.4, -0.2) is 35.6 Å². The molecule has 2 aromatic carbocycles. The van der Waals surface area contributed by atoms with Crippen molar-refractivity contribution in [1.82, 2.24) is 10.2 Å². The second-order valence-electron chi connectivity index (χ2n) is 8.05. The fourth-order valence-corrected chi connectivity index (χ4v) is 5.18. The number of hydrogen-bond acceptors (Lipinski definition) is 6. The lowest BCUT2D eigenvalue weighted by Crippen LogP contribution is -2.38. The molecule has 0 bridgehead atoms. The predicted octanol–water partition coefficient (Wildman–Crippen LogP) is 5.23. The number of esters is 1. The quantitative estimate of drug-likeness (QED) is 0.401. The zero-order chi connectivity index (χ0) is 24.1. The van der Waals surface area contributed by atoms with Gasteiger partial charge in [0.1, 0.15) is 0 Å². The van der Waals surface area contributed by atoms with Crippen molar-refractivity contribution < 1.29 is 14.3 Å². The van der Waals surface area contributed by atoms with E-state index in [1.807, 2.05) is 40.6 Å². The summed E-state index contributed by atoms with van der Waals surface area (Å²) >= 11 is 7.55. The molecule has 0 aromatic heterocycles. The SMILES string of the molecule is COC(=O)C1=C(C)N=C2SC=C(CC(=O)NCCCc3ccccc3)N2C1c1ccc(Cl)cc1. The van der Waals surface area contributed by atoms with Crippen LogP contribution in [0.1, 0.15) is 36.9 Å². The minimum absolute atomic E-state index is 0.0677. The molecule has 2 aliphatic rings. The molecule has 0 fully saturated rings. The Morgan fingerprint density at radius 3 is 2.59 bits per heavy atom. The number of allylic oxidation sites excluding steroid dienone is 1. The highest BCUT2D eigenvalue weighted by molar-refractivity contribution is 8.16. The standard InChI is InChI=1S/C26H26ClN3O3S/c1-17-23(25(32)33-2)24(19-10-12-20(27)13-11-19)30-21(16-34-26(30)29-17)15-22(31)28-14-6-9-18-7-4-3-5-8-18/h3-5,7-8,10-13,16,24H,6,9,14-15H2,1-2H3,(H,28,31). The van der Waals surface area contributed by atoms with Crippen molar-refractivity contribution in [3.63, 3.8) is 0 Å². The van der Waals surface area contributed by atoms with Gasteiger partial charge in [0.2, 0.25) is 5.91 Å². The van der Waals surface area contributed by atoms with E-state index >= 15 is 0 Å². The van der Waals surface area contributed by atoms with Crippen LogP contribution in [0.4, 0.5) is 0 Å². The van der Waals surface area contributed by atoms with Crippen LogP contribution in [0.3, 0.4) is 0 Å². The van der Waals surface area contributed by atoms with E-state index < -0.39 is 12.0 Å². The molecule has 8 heteroatoms. The van der Waals surface area contributed by atoms with Gasteiger partial charge in [0.05, 0.1) is 30.8 Å². The predicted molar refractivity (Wildman–Crippen MR) is 136 cm³/mol. The molecule has 0 aliphatic carbocycles. The molecule has 1 unspecified atom stereocenters. The first-order valence-corrected chi connectivity index (χ1v) is 12.3. The topological polar surface area (TPSA) is 71.0 Å². The van der Waals surface area contributed by atoms with Gasteiger partial charge in [-0.05, 0) is 48.4 Å². The van der Waals surface area contributed by atoms with Gasteiger partial charge in [-0.15, -0.1) is 0 Å². The largest absolute Gasteiger partial charge is 0.466 e. The molecule has 4 rings (SSSR count). The Bertz CT molecular complexity index is 1160. The fourth-order valence-electron chi connectivity index (χ4n) is 4.09. The number of methoxy groups -OCH3 is 1. The van der Waals surface area contributed by atoms with E-state index in [0.717, 1.165) is 29.3 Å². The van der Waals surface area contributed by atoms with Crippen molar-refractivity contribution in [3.05, 3.63) is 93.1 Å². The maximum absolute atomic E-state index is 12.8. The lowest BCUT2D eigenvalue weighted by molar-refractivity contribution is -0.136. The van der Waals surface area contributed by atoms with Crippen molar-refractivity contribution in [2.75, 3.05) is 13.7 Å². The van der Waals surface area contributed by atoms with Crippen LogP contribution in [0.25, 0.3) is 0 Å². The first-order valence-electron chi connectivity index (χ1n) is 11.1. The van der Waals surface area contributed by atoms with Gasteiger partial charge >= 0.3 is 5.97 Å². The zero-order valence-electron chi connectivity index (χ0n) is 19.1. The molecular formula is C26H26ClN3O3S. The van der Waals surface area contributed by atoms with E-state index in [9.17, 15) is 9.59 Å². The van der Waals surface area contributed by atoms with Crippen molar-refractivity contribution in [2.45, 2.75) is 32.2 Å². The van der Waals surface area contributed by atoms with E-state index in [4.69, 9.17) is 16.3 Å². The Balaban J connectivity index is 1.48. The molecule has 6 nitrogen and oxygen atoms in total. The number of hydrogen-bond donors (Lipinski definition) is 1. The summed E-state index contributed by atoms with van der Waals surface area (Å²) < 4.78 is 5.08. The second-order valence-corrected chi connectivity index (χ2v) is 9.33. The molecule has 0 radical (unpaired) electrons. The number of nitrogens with one attached hydrogen (secondary N) is 1. The number of aliphatic imine (C=N–C) groups is 1. The number of carbonyl (C=O) groups excluding carboxylic acids is 2. The van der Waals surface area contributed by atoms with Crippen molar-refractivity contribution in [2.24, 2.45) is 4.99 Å². The third-order valence-corrected chi connectivity index (χ3v) is 6.88. The van der Waals surface area contributed by atoms with Crippen LogP contribution in [0, 0.1) is 0 Å². The number of thioether (sulfide) groups is 1. The average molecular weight is 496 g/mol. The first kappa shape index (κ1) is 24.1. The zero-order valence-corrected chi connectivity index (χ0v) is 20.7. The highest BCUT2D eigenvalue weighted by Gasteiger charge is 2.40. The van der Waals surface area contributed by atoms with Crippen molar-refractivity contribution in [3.8, 4) is 0 Å². The smallest absolute Gasteiger partial charge is 0.338 e. The Morgan fingerprint density at radius 1 is 1.15 bits per heavy atom. The van der Waals surface area contributed by atoms with Gasteiger partial charge < -0.3 is 15.0 Å². The number of ether oxygens (including phenoxy) is 1. The number of nitrogens with zero attached hydrogens (tertiary/aromatic N) is 2.